The van der Waals surface area contributed by atoms with E-state index in [1.807, 2.05) is 30.3 Å². The first-order valence-corrected chi connectivity index (χ1v) is 10.3. The highest BCUT2D eigenvalue weighted by molar-refractivity contribution is 5.57. The largest absolute Gasteiger partial charge is 0.487 e. The molecule has 2 aromatic heterocycles. The second-order valence-corrected chi connectivity index (χ2v) is 8.64. The molecular formula is C25H27N5O. The van der Waals surface area contributed by atoms with Gasteiger partial charge in [0.1, 0.15) is 12.4 Å². The minimum Gasteiger partial charge on any atom is -0.487 e. The third-order valence-electron chi connectivity index (χ3n) is 5.21. The highest BCUT2D eigenvalue weighted by Gasteiger charge is 2.28. The van der Waals surface area contributed by atoms with Crippen LogP contribution in [0.3, 0.4) is 0 Å². The summed E-state index contributed by atoms with van der Waals surface area (Å²) in [7, 11) is 0. The molecule has 31 heavy (non-hydrogen) atoms. The number of pyridine rings is 1. The first-order valence-electron chi connectivity index (χ1n) is 10.3. The van der Waals surface area contributed by atoms with E-state index in [0.29, 0.717) is 12.4 Å². The van der Waals surface area contributed by atoms with Gasteiger partial charge in [0, 0.05) is 17.7 Å². The van der Waals surface area contributed by atoms with Gasteiger partial charge in [-0.25, -0.2) is 0 Å². The molecule has 2 heterocycles. The van der Waals surface area contributed by atoms with Crippen molar-refractivity contribution in [3.05, 3.63) is 89.7 Å². The van der Waals surface area contributed by atoms with E-state index in [1.165, 1.54) is 11.1 Å². The smallest absolute Gasteiger partial charge is 0.239 e. The molecule has 0 bridgehead atoms. The zero-order valence-electron chi connectivity index (χ0n) is 18.0. The summed E-state index contributed by atoms with van der Waals surface area (Å²) < 4.78 is 5.90. The topological polar surface area (TPSA) is 89.7 Å². The van der Waals surface area contributed by atoms with Gasteiger partial charge in [-0.05, 0) is 40.8 Å². The summed E-state index contributed by atoms with van der Waals surface area (Å²) in [5.74, 6) is 1.98. The Labute approximate surface area is 182 Å². The Morgan fingerprint density at radius 3 is 2.16 bits per heavy atom. The molecule has 4 rings (SSSR count). The van der Waals surface area contributed by atoms with Crippen LogP contribution in [0.15, 0.2) is 72.9 Å². The summed E-state index contributed by atoms with van der Waals surface area (Å²) in [4.78, 5) is 8.50. The number of nitrogens with one attached hydrogen (secondary N) is 1. The number of aromatic nitrogens is 4. The van der Waals surface area contributed by atoms with Crippen LogP contribution in [0.5, 0.6) is 5.75 Å². The van der Waals surface area contributed by atoms with Gasteiger partial charge < -0.3 is 10.5 Å². The molecule has 1 unspecified atom stereocenters. The van der Waals surface area contributed by atoms with Gasteiger partial charge in [-0.3, -0.25) is 10.1 Å². The average Bonchev–Trinajstić information content (AvgIpc) is 3.20. The number of hydrogen-bond donors (Lipinski definition) is 2. The van der Waals surface area contributed by atoms with Gasteiger partial charge in [0.25, 0.3) is 0 Å². The summed E-state index contributed by atoms with van der Waals surface area (Å²) in [6.45, 7) is 7.23. The zero-order valence-corrected chi connectivity index (χ0v) is 18.0. The average molecular weight is 414 g/mol. The van der Waals surface area contributed by atoms with E-state index >= 15 is 0 Å². The molecule has 6 nitrogen and oxygen atoms in total. The Hall–Kier alpha value is -3.67. The molecule has 3 N–H and O–H groups in total. The number of rotatable bonds is 6. The lowest BCUT2D eigenvalue weighted by Crippen LogP contribution is -2.19. The molecule has 1 atom stereocenters. The van der Waals surface area contributed by atoms with Gasteiger partial charge in [0.15, 0.2) is 5.82 Å². The molecule has 0 spiro atoms. The quantitative estimate of drug-likeness (QED) is 0.453. The second-order valence-electron chi connectivity index (χ2n) is 8.64. The molecule has 2 aromatic carbocycles. The van der Waals surface area contributed by atoms with Crippen LogP contribution >= 0.6 is 0 Å². The van der Waals surface area contributed by atoms with Crippen molar-refractivity contribution in [2.24, 2.45) is 5.41 Å². The Kier molecular flexibility index (Phi) is 5.71. The van der Waals surface area contributed by atoms with Crippen LogP contribution in [-0.2, 0) is 6.61 Å². The van der Waals surface area contributed by atoms with Crippen molar-refractivity contribution >= 4 is 5.95 Å². The maximum Gasteiger partial charge on any atom is 0.239 e. The number of nitrogen functional groups attached to an aromatic ring is 1. The number of anilines is 1. The molecule has 6 heteroatoms. The van der Waals surface area contributed by atoms with Crippen LogP contribution in [0.2, 0.25) is 0 Å². The summed E-state index contributed by atoms with van der Waals surface area (Å²) in [6, 6.07) is 22.6. The SMILES string of the molecule is CC(C)(C)C(c1ccc(OCc2ccccn2)cc1)c1ccc(-c2nc(N)n[nH]2)cc1. The minimum absolute atomic E-state index is 0.0362. The molecule has 0 aliphatic rings. The second kappa shape index (κ2) is 8.60. The highest BCUT2D eigenvalue weighted by Crippen LogP contribution is 2.41. The lowest BCUT2D eigenvalue weighted by atomic mass is 9.72. The highest BCUT2D eigenvalue weighted by atomic mass is 16.5. The van der Waals surface area contributed by atoms with Crippen LogP contribution in [0.1, 0.15) is 43.5 Å². The molecule has 0 fully saturated rings. The summed E-state index contributed by atoms with van der Waals surface area (Å²) >= 11 is 0. The lowest BCUT2D eigenvalue weighted by molar-refractivity contribution is 0.301. The first-order chi connectivity index (χ1) is 14.9. The summed E-state index contributed by atoms with van der Waals surface area (Å²) in [5.41, 5.74) is 10.0. The van der Waals surface area contributed by atoms with E-state index in [9.17, 15) is 0 Å². The Balaban J connectivity index is 1.54. The van der Waals surface area contributed by atoms with Gasteiger partial charge in [0.05, 0.1) is 5.69 Å². The Morgan fingerprint density at radius 2 is 1.61 bits per heavy atom. The third-order valence-corrected chi connectivity index (χ3v) is 5.21. The van der Waals surface area contributed by atoms with Crippen molar-refractivity contribution < 1.29 is 4.74 Å². The standard InChI is InChI=1S/C25H27N5O/c1-25(2,3)22(17-7-9-19(10-8-17)23-28-24(26)30-29-23)18-11-13-21(14-12-18)31-16-20-6-4-5-15-27-20/h4-15,22H,16H2,1-3H3,(H3,26,28,29,30). The number of nitrogens with two attached hydrogens (primary N) is 1. The van der Waals surface area contributed by atoms with Crippen LogP contribution < -0.4 is 10.5 Å². The Morgan fingerprint density at radius 1 is 0.935 bits per heavy atom. The minimum atomic E-state index is 0.0362. The van der Waals surface area contributed by atoms with Crippen molar-refractivity contribution in [2.75, 3.05) is 5.73 Å². The molecule has 0 saturated heterocycles. The fourth-order valence-electron chi connectivity index (χ4n) is 3.83. The number of aromatic amines is 1. The Bertz CT molecular complexity index is 1110. The zero-order chi connectivity index (χ0) is 21.8. The number of ether oxygens (including phenoxy) is 1. The van der Waals surface area contributed by atoms with E-state index in [2.05, 4.69) is 77.3 Å². The van der Waals surface area contributed by atoms with E-state index in [4.69, 9.17) is 10.5 Å². The van der Waals surface area contributed by atoms with Gasteiger partial charge in [0.2, 0.25) is 5.95 Å². The summed E-state index contributed by atoms with van der Waals surface area (Å²) in [5, 5.41) is 6.76. The number of H-pyrrole nitrogens is 1. The maximum absolute atomic E-state index is 5.90. The van der Waals surface area contributed by atoms with Crippen molar-refractivity contribution in [1.82, 2.24) is 20.2 Å². The first kappa shape index (κ1) is 20.6. The normalized spacial score (nSPS) is 12.5. The molecule has 4 aromatic rings. The molecule has 0 saturated carbocycles. The van der Waals surface area contributed by atoms with Crippen molar-refractivity contribution in [3.63, 3.8) is 0 Å². The van der Waals surface area contributed by atoms with Gasteiger partial charge in [-0.15, -0.1) is 5.10 Å². The molecule has 158 valence electrons. The van der Waals surface area contributed by atoms with Gasteiger partial charge in [-0.1, -0.05) is 63.2 Å². The van der Waals surface area contributed by atoms with E-state index < -0.39 is 0 Å². The van der Waals surface area contributed by atoms with Crippen molar-refractivity contribution in [1.29, 1.82) is 0 Å². The third kappa shape index (κ3) is 4.91. The summed E-state index contributed by atoms with van der Waals surface area (Å²) in [6.07, 6.45) is 1.78. The van der Waals surface area contributed by atoms with E-state index in [0.717, 1.165) is 17.0 Å². The number of nitrogens with zero attached hydrogens (tertiary/aromatic N) is 3. The monoisotopic (exact) mass is 413 g/mol. The van der Waals surface area contributed by atoms with Crippen LogP contribution in [0, 0.1) is 5.41 Å². The molecule has 0 amide bonds. The predicted octanol–water partition coefficient (Wildman–Crippen LogP) is 5.21. The van der Waals surface area contributed by atoms with Crippen molar-refractivity contribution in [2.45, 2.75) is 33.3 Å². The molecule has 0 aliphatic heterocycles. The number of hydrogen-bond acceptors (Lipinski definition) is 5. The fourth-order valence-corrected chi connectivity index (χ4v) is 3.83. The van der Waals surface area contributed by atoms with E-state index in [-0.39, 0.29) is 17.3 Å². The maximum atomic E-state index is 5.90. The molecule has 0 radical (unpaired) electrons. The predicted molar refractivity (Wildman–Crippen MR) is 123 cm³/mol. The fraction of sp³-hybridized carbons (Fsp3) is 0.240. The number of benzene rings is 2. The lowest BCUT2D eigenvalue weighted by Gasteiger charge is -2.32. The van der Waals surface area contributed by atoms with Crippen LogP contribution in [0.25, 0.3) is 11.4 Å². The van der Waals surface area contributed by atoms with Gasteiger partial charge in [-0.2, -0.15) is 4.98 Å². The van der Waals surface area contributed by atoms with Crippen molar-refractivity contribution in [3.8, 4) is 17.1 Å². The molecular weight excluding hydrogens is 386 g/mol. The van der Waals surface area contributed by atoms with Gasteiger partial charge >= 0.3 is 0 Å². The van der Waals surface area contributed by atoms with Crippen LogP contribution in [0.4, 0.5) is 5.95 Å². The van der Waals surface area contributed by atoms with E-state index in [1.54, 1.807) is 6.20 Å². The molecule has 0 aliphatic carbocycles. The van der Waals surface area contributed by atoms with Crippen LogP contribution in [-0.4, -0.2) is 20.2 Å².